The van der Waals surface area contributed by atoms with Crippen LogP contribution in [0.2, 0.25) is 0 Å². The second-order valence-corrected chi connectivity index (χ2v) is 18.6. The zero-order valence-electron chi connectivity index (χ0n) is 27.9. The fourth-order valence-corrected chi connectivity index (χ4v) is 11.1. The second-order valence-electron chi connectivity index (χ2n) is 16.8. The summed E-state index contributed by atoms with van der Waals surface area (Å²) >= 11 is 0. The molecule has 0 aliphatic heterocycles. The first-order valence-electron chi connectivity index (χ1n) is 15.5. The minimum absolute atomic E-state index is 0.00617. The number of nitriles is 1. The molecule has 2 saturated carbocycles. The van der Waals surface area contributed by atoms with Gasteiger partial charge in [0.15, 0.2) is 5.78 Å². The first-order chi connectivity index (χ1) is 18.3. The highest BCUT2D eigenvalue weighted by molar-refractivity contribution is 7.88. The first kappa shape index (κ1) is 34.0. The number of rotatable bonds is 8. The maximum atomic E-state index is 13.4. The van der Waals surface area contributed by atoms with Crippen molar-refractivity contribution in [2.24, 2.45) is 44.3 Å². The molecule has 0 saturated heterocycles. The third kappa shape index (κ3) is 5.50. The fraction of sp³-hybridized carbons (Fsp3) is 0.853. The number of hydrogen-bond donors (Lipinski definition) is 1. The molecule has 6 nitrogen and oxygen atoms in total. The van der Waals surface area contributed by atoms with E-state index in [1.807, 2.05) is 19.9 Å². The summed E-state index contributed by atoms with van der Waals surface area (Å²) in [5.41, 5.74) is -2.50. The minimum Gasteiger partial charge on any atom is -0.300 e. The Balaban J connectivity index is 2.12. The molecule has 232 valence electrons. The van der Waals surface area contributed by atoms with Crippen molar-refractivity contribution in [3.05, 3.63) is 11.6 Å². The Morgan fingerprint density at radius 1 is 1.10 bits per heavy atom. The van der Waals surface area contributed by atoms with Gasteiger partial charge in [0.05, 0.1) is 11.8 Å². The molecule has 3 aliphatic rings. The van der Waals surface area contributed by atoms with Gasteiger partial charge in [0.25, 0.3) is 0 Å². The van der Waals surface area contributed by atoms with Crippen molar-refractivity contribution in [2.75, 3.05) is 6.26 Å². The number of sulfonamides is 1. The van der Waals surface area contributed by atoms with Gasteiger partial charge in [-0.1, -0.05) is 75.3 Å². The topological polar surface area (TPSA) is 104 Å². The Kier molecular flexibility index (Phi) is 8.53. The highest BCUT2D eigenvalue weighted by Crippen LogP contribution is 2.73. The average molecular weight is 589 g/mol. The third-order valence-corrected chi connectivity index (χ3v) is 13.8. The summed E-state index contributed by atoms with van der Waals surface area (Å²) in [6.07, 6.45) is 9.46. The summed E-state index contributed by atoms with van der Waals surface area (Å²) in [5.74, 6) is 0.203. The van der Waals surface area contributed by atoms with E-state index in [0.717, 1.165) is 44.9 Å². The molecule has 0 amide bonds. The summed E-state index contributed by atoms with van der Waals surface area (Å²) in [6, 6.07) is 2.19. The Bertz CT molecular complexity index is 1270. The SMILES string of the molecule is CC(=O)C[C@]1(C)[C@@]2(C)C=C(C#N)C(=O)C(C)(C)[C@@H]2CC[C@@]1(C)C(C)(C)CC[C@@]1(NS(C)(=O)=O)CCC(C)(C)CC1C. The van der Waals surface area contributed by atoms with Gasteiger partial charge in [0.1, 0.15) is 11.9 Å². The number of fused-ring (bicyclic) bond motifs is 1. The molecule has 0 bridgehead atoms. The average Bonchev–Trinajstić information content (AvgIpc) is 2.79. The molecule has 1 unspecified atom stereocenters. The lowest BCUT2D eigenvalue weighted by molar-refractivity contribution is -0.197. The van der Waals surface area contributed by atoms with Crippen LogP contribution in [0.1, 0.15) is 128 Å². The number of Topliss-reactive ketones (excluding diaryl/α,β-unsaturated/α-hetero) is 2. The van der Waals surface area contributed by atoms with Gasteiger partial charge in [-0.25, -0.2) is 13.1 Å². The van der Waals surface area contributed by atoms with E-state index < -0.39 is 31.8 Å². The molecule has 0 spiro atoms. The van der Waals surface area contributed by atoms with E-state index in [1.54, 1.807) is 6.92 Å². The third-order valence-electron chi connectivity index (χ3n) is 13.1. The smallest absolute Gasteiger partial charge is 0.209 e. The number of nitrogens with zero attached hydrogens (tertiary/aromatic N) is 1. The number of nitrogens with one attached hydrogen (secondary N) is 1. The Labute approximate surface area is 250 Å². The number of carbonyl (C=O) groups excluding carboxylic acids is 2. The molecular weight excluding hydrogens is 532 g/mol. The van der Waals surface area contributed by atoms with Crippen molar-refractivity contribution in [3.63, 3.8) is 0 Å². The zero-order chi connectivity index (χ0) is 31.7. The van der Waals surface area contributed by atoms with Gasteiger partial charge >= 0.3 is 0 Å². The van der Waals surface area contributed by atoms with Crippen molar-refractivity contribution < 1.29 is 18.0 Å². The maximum Gasteiger partial charge on any atom is 0.209 e. The van der Waals surface area contributed by atoms with Crippen LogP contribution in [0.25, 0.3) is 0 Å². The molecule has 3 rings (SSSR count). The van der Waals surface area contributed by atoms with Crippen LogP contribution in [0.5, 0.6) is 0 Å². The Morgan fingerprint density at radius 3 is 2.17 bits per heavy atom. The van der Waals surface area contributed by atoms with E-state index in [2.05, 4.69) is 66.2 Å². The van der Waals surface area contributed by atoms with Crippen molar-refractivity contribution in [2.45, 2.75) is 133 Å². The molecule has 0 aromatic rings. The molecule has 1 N–H and O–H groups in total. The maximum absolute atomic E-state index is 13.4. The predicted octanol–water partition coefficient (Wildman–Crippen LogP) is 7.39. The highest BCUT2D eigenvalue weighted by atomic mass is 32.2. The van der Waals surface area contributed by atoms with Crippen LogP contribution in [0, 0.1) is 55.7 Å². The van der Waals surface area contributed by atoms with Crippen LogP contribution in [-0.4, -0.2) is 31.8 Å². The van der Waals surface area contributed by atoms with Crippen molar-refractivity contribution in [1.82, 2.24) is 4.72 Å². The number of carbonyl (C=O) groups is 2. The monoisotopic (exact) mass is 588 g/mol. The Hall–Kier alpha value is -1.52. The molecular formula is C34H56N2O4S. The largest absolute Gasteiger partial charge is 0.300 e. The highest BCUT2D eigenvalue weighted by Gasteiger charge is 2.69. The van der Waals surface area contributed by atoms with E-state index >= 15 is 0 Å². The van der Waals surface area contributed by atoms with Crippen molar-refractivity contribution in [1.29, 1.82) is 5.26 Å². The second kappa shape index (κ2) is 10.3. The molecule has 0 aromatic heterocycles. The van der Waals surface area contributed by atoms with Gasteiger partial charge in [-0.15, -0.1) is 0 Å². The van der Waals surface area contributed by atoms with Gasteiger partial charge in [0, 0.05) is 17.4 Å². The molecule has 2 fully saturated rings. The molecule has 0 heterocycles. The zero-order valence-corrected chi connectivity index (χ0v) is 28.7. The van der Waals surface area contributed by atoms with Gasteiger partial charge in [-0.2, -0.15) is 5.26 Å². The summed E-state index contributed by atoms with van der Waals surface area (Å²) in [7, 11) is -3.42. The van der Waals surface area contributed by atoms with E-state index in [1.165, 1.54) is 6.26 Å². The molecule has 3 aliphatic carbocycles. The lowest BCUT2D eigenvalue weighted by atomic mass is 9.33. The van der Waals surface area contributed by atoms with E-state index in [0.29, 0.717) is 6.42 Å². The normalized spacial score (nSPS) is 38.9. The van der Waals surface area contributed by atoms with Crippen LogP contribution in [0.3, 0.4) is 0 Å². The molecule has 7 heteroatoms. The summed E-state index contributed by atoms with van der Waals surface area (Å²) in [4.78, 5) is 26.4. The predicted molar refractivity (Wildman–Crippen MR) is 165 cm³/mol. The van der Waals surface area contributed by atoms with Crippen LogP contribution >= 0.6 is 0 Å². The van der Waals surface area contributed by atoms with Gasteiger partial charge in [0.2, 0.25) is 10.0 Å². The summed E-state index contributed by atoms with van der Waals surface area (Å²) in [5, 5.41) is 9.99. The minimum atomic E-state index is -3.42. The molecule has 41 heavy (non-hydrogen) atoms. The lowest BCUT2D eigenvalue weighted by Gasteiger charge is -2.70. The van der Waals surface area contributed by atoms with E-state index in [9.17, 15) is 23.3 Å². The van der Waals surface area contributed by atoms with Gasteiger partial charge in [-0.05, 0) is 90.8 Å². The molecule has 0 radical (unpaired) electrons. The van der Waals surface area contributed by atoms with Gasteiger partial charge < -0.3 is 4.79 Å². The number of ketones is 2. The number of allylic oxidation sites excluding steroid dienone is 2. The lowest BCUT2D eigenvalue weighted by Crippen LogP contribution is -2.65. The quantitative estimate of drug-likeness (QED) is 0.318. The summed E-state index contributed by atoms with van der Waals surface area (Å²) in [6.45, 7) is 23.6. The molecule has 0 aromatic carbocycles. The Morgan fingerprint density at radius 2 is 1.68 bits per heavy atom. The summed E-state index contributed by atoms with van der Waals surface area (Å²) < 4.78 is 28.4. The van der Waals surface area contributed by atoms with E-state index in [-0.39, 0.29) is 45.2 Å². The van der Waals surface area contributed by atoms with Crippen LogP contribution in [0.15, 0.2) is 11.6 Å². The van der Waals surface area contributed by atoms with Gasteiger partial charge in [-0.3, -0.25) is 4.79 Å². The van der Waals surface area contributed by atoms with Crippen LogP contribution in [0.4, 0.5) is 0 Å². The number of hydrogen-bond acceptors (Lipinski definition) is 5. The fourth-order valence-electron chi connectivity index (χ4n) is 9.97. The first-order valence-corrected chi connectivity index (χ1v) is 17.4. The van der Waals surface area contributed by atoms with Crippen LogP contribution < -0.4 is 4.72 Å². The van der Waals surface area contributed by atoms with Crippen LogP contribution in [-0.2, 0) is 19.6 Å². The molecule has 6 atom stereocenters. The van der Waals surface area contributed by atoms with Crippen molar-refractivity contribution in [3.8, 4) is 6.07 Å². The standard InChI is InChI=1S/C34H56N2O4S/c1-23-19-28(3,4)15-17-34(23,36-41(12,39)40)18-16-29(5,6)32(10)14-13-26-30(7,8)27(38)25(22-35)21-31(26,9)33(32,11)20-24(2)37/h21,23,26,36H,13-20H2,1-12H3/t23?,26-,31-,32-,33+,34-/m0/s1. The van der Waals surface area contributed by atoms with E-state index in [4.69, 9.17) is 0 Å². The van der Waals surface area contributed by atoms with Crippen molar-refractivity contribution >= 4 is 21.6 Å².